The molecule has 0 aliphatic carbocycles. The van der Waals surface area contributed by atoms with Crippen LogP contribution in [-0.2, 0) is 30.4 Å². The second-order valence-corrected chi connectivity index (χ2v) is 11.0. The van der Waals surface area contributed by atoms with Gasteiger partial charge in [-0.15, -0.1) is 0 Å². The summed E-state index contributed by atoms with van der Waals surface area (Å²) in [6.07, 6.45) is 3.38. The highest BCUT2D eigenvalue weighted by molar-refractivity contribution is 9.12. The zero-order chi connectivity index (χ0) is 30.2. The third-order valence-electron chi connectivity index (χ3n) is 5.77. The zero-order valence-electron chi connectivity index (χ0n) is 23.5. The van der Waals surface area contributed by atoms with Crippen molar-refractivity contribution in [2.75, 3.05) is 18.4 Å². The highest BCUT2D eigenvalue weighted by Gasteiger charge is 2.16. The quantitative estimate of drug-likeness (QED) is 0.0876. The number of rotatable bonds is 17. The van der Waals surface area contributed by atoms with E-state index in [9.17, 15) is 29.1 Å². The Balaban J connectivity index is 2.40. The lowest BCUT2D eigenvalue weighted by Gasteiger charge is -2.15. The second kappa shape index (κ2) is 18.0. The van der Waals surface area contributed by atoms with Crippen molar-refractivity contribution in [3.05, 3.63) is 34.3 Å². The molecule has 0 saturated heterocycles. The van der Waals surface area contributed by atoms with E-state index in [2.05, 4.69) is 37.2 Å². The van der Waals surface area contributed by atoms with E-state index in [0.29, 0.717) is 25.7 Å². The molecule has 40 heavy (non-hydrogen) atoms. The average molecular weight is 626 g/mol. The smallest absolute Gasteiger partial charge is 0.306 e. The molecule has 1 rings (SSSR count). The summed E-state index contributed by atoms with van der Waals surface area (Å²) in [5.74, 6) is -2.69. The molecule has 222 valence electrons. The third-order valence-corrected chi connectivity index (χ3v) is 6.36. The summed E-state index contributed by atoms with van der Waals surface area (Å²) >= 11 is 3.07. The number of hydrogen-bond donors (Lipinski definition) is 6. The Morgan fingerprint density at radius 3 is 2.20 bits per heavy atom. The van der Waals surface area contributed by atoms with Crippen LogP contribution in [0.5, 0.6) is 5.75 Å². The summed E-state index contributed by atoms with van der Waals surface area (Å²) < 4.78 is 0.0384. The lowest BCUT2D eigenvalue weighted by Crippen LogP contribution is -2.31. The molecule has 1 unspecified atom stereocenters. The molecule has 0 aromatic heterocycles. The number of halogens is 1. The van der Waals surface area contributed by atoms with E-state index in [4.69, 9.17) is 5.11 Å². The molecule has 12 heteroatoms. The van der Waals surface area contributed by atoms with Crippen molar-refractivity contribution in [3.8, 4) is 5.75 Å². The summed E-state index contributed by atoms with van der Waals surface area (Å²) in [5.41, 5.74) is 1.13. The first-order valence-corrected chi connectivity index (χ1v) is 14.1. The molecule has 0 aliphatic rings. The minimum absolute atomic E-state index is 0.0384. The van der Waals surface area contributed by atoms with Crippen molar-refractivity contribution >= 4 is 51.2 Å². The molecule has 0 bridgehead atoms. The molecule has 0 fully saturated rings. The lowest BCUT2D eigenvalue weighted by atomic mass is 9.91. The van der Waals surface area contributed by atoms with Gasteiger partial charge in [0.25, 0.3) is 5.91 Å². The Kier molecular flexibility index (Phi) is 15.6. The summed E-state index contributed by atoms with van der Waals surface area (Å²) in [6.45, 7) is 7.83. The van der Waals surface area contributed by atoms with E-state index < -0.39 is 23.7 Å². The highest BCUT2D eigenvalue weighted by atomic mass is 79.9. The molecule has 0 radical (unpaired) electrons. The fourth-order valence-electron chi connectivity index (χ4n) is 3.83. The number of carbonyl (C=O) groups is 5. The van der Waals surface area contributed by atoms with Crippen LogP contribution < -0.4 is 21.3 Å². The fraction of sp³-hybridized carbons (Fsp3) is 0.536. The van der Waals surface area contributed by atoms with Gasteiger partial charge in [0.05, 0.1) is 16.1 Å². The predicted molar refractivity (Wildman–Crippen MR) is 156 cm³/mol. The first-order valence-electron chi connectivity index (χ1n) is 13.4. The number of amides is 4. The van der Waals surface area contributed by atoms with Crippen LogP contribution in [-0.4, -0.2) is 58.9 Å². The number of carboxylic acids is 1. The Morgan fingerprint density at radius 2 is 1.57 bits per heavy atom. The van der Waals surface area contributed by atoms with Gasteiger partial charge in [-0.25, -0.2) is 0 Å². The summed E-state index contributed by atoms with van der Waals surface area (Å²) in [4.78, 5) is 59.2. The Morgan fingerprint density at radius 1 is 0.950 bits per heavy atom. The van der Waals surface area contributed by atoms with Crippen molar-refractivity contribution < 1.29 is 34.2 Å². The van der Waals surface area contributed by atoms with Crippen LogP contribution in [0.25, 0.3) is 0 Å². The van der Waals surface area contributed by atoms with Gasteiger partial charge in [0.2, 0.25) is 17.7 Å². The van der Waals surface area contributed by atoms with Crippen LogP contribution in [0.3, 0.4) is 0 Å². The molecule has 0 heterocycles. The number of nitrogens with one attached hydrogen (secondary N) is 4. The number of phenols is 1. The second-order valence-electron chi connectivity index (χ2n) is 10.2. The Hall–Kier alpha value is -3.41. The number of carboxylic acid groups (broad SMARTS) is 1. The van der Waals surface area contributed by atoms with E-state index in [1.165, 1.54) is 6.07 Å². The first-order chi connectivity index (χ1) is 18.8. The van der Waals surface area contributed by atoms with Gasteiger partial charge in [0.1, 0.15) is 5.75 Å². The van der Waals surface area contributed by atoms with Crippen LogP contribution >= 0.6 is 15.9 Å². The van der Waals surface area contributed by atoms with Crippen molar-refractivity contribution in [1.82, 2.24) is 16.0 Å². The highest BCUT2D eigenvalue weighted by Crippen LogP contribution is 2.27. The molecular formula is C28H41BrN4O7. The van der Waals surface area contributed by atoms with Gasteiger partial charge in [-0.2, -0.15) is 0 Å². The van der Waals surface area contributed by atoms with Gasteiger partial charge >= 0.3 is 5.97 Å². The molecule has 1 aromatic rings. The van der Waals surface area contributed by atoms with Gasteiger partial charge in [0.15, 0.2) is 0 Å². The Labute approximate surface area is 243 Å². The van der Waals surface area contributed by atoms with Gasteiger partial charge < -0.3 is 31.5 Å². The summed E-state index contributed by atoms with van der Waals surface area (Å²) in [5, 5.41) is 29.9. The number of phenolic OH excluding ortho intramolecular Hbond substituents is 1. The molecule has 0 aliphatic heterocycles. The molecule has 6 N–H and O–H groups in total. The molecule has 11 nitrogen and oxygen atoms in total. The van der Waals surface area contributed by atoms with Crippen LogP contribution in [0.2, 0.25) is 0 Å². The van der Waals surface area contributed by atoms with Crippen LogP contribution in [0, 0.1) is 11.8 Å². The normalized spacial score (nSPS) is 12.8. The van der Waals surface area contributed by atoms with E-state index in [0.717, 1.165) is 11.6 Å². The molecule has 0 spiro atoms. The van der Waals surface area contributed by atoms with Gasteiger partial charge in [-0.05, 0) is 79.1 Å². The van der Waals surface area contributed by atoms with Crippen LogP contribution in [0.4, 0.5) is 5.69 Å². The van der Waals surface area contributed by atoms with Crippen molar-refractivity contribution in [2.45, 2.75) is 72.3 Å². The van der Waals surface area contributed by atoms with Crippen LogP contribution in [0.15, 0.2) is 28.8 Å². The Bertz CT molecular complexity index is 1070. The number of hydrogen-bond acceptors (Lipinski definition) is 6. The summed E-state index contributed by atoms with van der Waals surface area (Å²) in [6, 6.07) is 4.95. The maximum Gasteiger partial charge on any atom is 0.306 e. The van der Waals surface area contributed by atoms with Crippen molar-refractivity contribution in [1.29, 1.82) is 0 Å². The SMILES string of the molecule is CC(C)NC(=O)CCCNC(=O)/C(Br)=C/C(=O)NCCCC(=O)Nc1cc(C[C@H](C)CC(C)C(=O)O)ccc1O. The number of aliphatic carboxylic acids is 1. The van der Waals surface area contributed by atoms with Crippen molar-refractivity contribution in [3.63, 3.8) is 0 Å². The maximum absolute atomic E-state index is 12.4. The minimum atomic E-state index is -0.841. The maximum atomic E-state index is 12.4. The largest absolute Gasteiger partial charge is 0.506 e. The molecule has 0 saturated carbocycles. The fourth-order valence-corrected chi connectivity index (χ4v) is 4.18. The van der Waals surface area contributed by atoms with E-state index in [1.807, 2.05) is 20.8 Å². The standard InChI is InChI=1S/C28H41BrN4O7/c1-17(2)32-24(35)7-6-12-31-27(38)21(29)16-26(37)30-11-5-8-25(36)33-22-15-20(9-10-23(22)34)14-18(3)13-19(4)28(39)40/h9-10,15-19,34H,5-8,11-14H2,1-4H3,(H,30,37)(H,31,38)(H,32,35)(H,33,36)(H,39,40)/b21-16-/t18-,19?/m1/s1. The van der Waals surface area contributed by atoms with Crippen LogP contribution in [0.1, 0.15) is 65.4 Å². The zero-order valence-corrected chi connectivity index (χ0v) is 25.1. The van der Waals surface area contributed by atoms with Gasteiger partial charge in [-0.3, -0.25) is 24.0 Å². The van der Waals surface area contributed by atoms with E-state index >= 15 is 0 Å². The number of aromatic hydroxyl groups is 1. The van der Waals surface area contributed by atoms with E-state index in [1.54, 1.807) is 19.1 Å². The lowest BCUT2D eigenvalue weighted by molar-refractivity contribution is -0.141. The monoisotopic (exact) mass is 624 g/mol. The van der Waals surface area contributed by atoms with E-state index in [-0.39, 0.29) is 65.6 Å². The predicted octanol–water partition coefficient (Wildman–Crippen LogP) is 3.22. The molecule has 2 atom stereocenters. The first kappa shape index (κ1) is 34.6. The summed E-state index contributed by atoms with van der Waals surface area (Å²) in [7, 11) is 0. The minimum Gasteiger partial charge on any atom is -0.506 e. The number of anilines is 1. The number of benzene rings is 1. The van der Waals surface area contributed by atoms with Gasteiger partial charge in [0, 0.05) is 38.0 Å². The van der Waals surface area contributed by atoms with Gasteiger partial charge in [-0.1, -0.05) is 19.9 Å². The molecular weight excluding hydrogens is 584 g/mol. The van der Waals surface area contributed by atoms with Crippen molar-refractivity contribution in [2.24, 2.45) is 11.8 Å². The third kappa shape index (κ3) is 14.7. The average Bonchev–Trinajstić information content (AvgIpc) is 2.85. The molecule has 4 amide bonds. The molecule has 1 aromatic carbocycles. The number of carbonyl (C=O) groups excluding carboxylic acids is 4. The topological polar surface area (TPSA) is 174 Å².